The number of hydrogen-bond acceptors (Lipinski definition) is 3. The summed E-state index contributed by atoms with van der Waals surface area (Å²) in [7, 11) is 0. The quantitative estimate of drug-likeness (QED) is 0.295. The summed E-state index contributed by atoms with van der Waals surface area (Å²) >= 11 is 0. The molecule has 0 amide bonds. The molecule has 4 heteroatoms. The number of aliphatic hydroxyl groups excluding tert-OH is 1. The summed E-state index contributed by atoms with van der Waals surface area (Å²) in [6, 6.07) is 7.24. The molecular weight excluding hydrogens is 532 g/mol. The lowest BCUT2D eigenvalue weighted by Crippen LogP contribution is -2.67. The molecule has 0 aliphatic heterocycles. The fraction of sp³-hybridized carbons (Fsp3) is 0.769. The van der Waals surface area contributed by atoms with Crippen LogP contribution in [0.5, 0.6) is 0 Å². The summed E-state index contributed by atoms with van der Waals surface area (Å²) < 4.78 is 6.51. The third-order valence-corrected chi connectivity index (χ3v) is 14.8. The zero-order valence-electron chi connectivity index (χ0n) is 28.5. The molecule has 1 aromatic carbocycles. The molecular formula is C39H60O4. The van der Waals surface area contributed by atoms with E-state index in [1.54, 1.807) is 12.1 Å². The fourth-order valence-corrected chi connectivity index (χ4v) is 12.3. The molecule has 0 saturated heterocycles. The molecule has 0 aromatic heterocycles. The SMILES string of the molecule is C=C(C)C(CC)C1C2CCC3C4(C)CCC(O)C(C)(C)C4CCC3(C)C2(C)CCC1(C)COCc1ccccc1C(=O)O. The number of aliphatic hydroxyl groups is 1. The maximum absolute atomic E-state index is 11.8. The van der Waals surface area contributed by atoms with Crippen LogP contribution < -0.4 is 0 Å². The third kappa shape index (κ3) is 4.96. The Kier molecular flexibility index (Phi) is 8.60. The molecule has 2 N–H and O–H groups in total. The van der Waals surface area contributed by atoms with Crippen LogP contribution in [0.4, 0.5) is 0 Å². The van der Waals surface area contributed by atoms with Gasteiger partial charge in [0.15, 0.2) is 0 Å². The van der Waals surface area contributed by atoms with E-state index in [0.29, 0.717) is 48.4 Å². The van der Waals surface area contributed by atoms with Crippen molar-refractivity contribution in [1.29, 1.82) is 0 Å². The van der Waals surface area contributed by atoms with Gasteiger partial charge in [0, 0.05) is 0 Å². The van der Waals surface area contributed by atoms with E-state index in [-0.39, 0.29) is 33.2 Å². The molecule has 0 spiro atoms. The molecule has 240 valence electrons. The number of carboxylic acids is 1. The number of aromatic carboxylic acids is 1. The van der Waals surface area contributed by atoms with Crippen LogP contribution in [0.25, 0.3) is 0 Å². The Labute approximate surface area is 262 Å². The highest BCUT2D eigenvalue weighted by molar-refractivity contribution is 5.89. The molecule has 10 unspecified atom stereocenters. The summed E-state index contributed by atoms with van der Waals surface area (Å²) in [5.41, 5.74) is 3.15. The minimum atomic E-state index is -0.894. The van der Waals surface area contributed by atoms with Crippen LogP contribution in [0.3, 0.4) is 0 Å². The fourth-order valence-electron chi connectivity index (χ4n) is 12.3. The Balaban J connectivity index is 1.46. The lowest BCUT2D eigenvalue weighted by molar-refractivity contribution is -0.253. The molecule has 1 aromatic rings. The molecule has 0 radical (unpaired) electrons. The number of ether oxygens (including phenoxy) is 1. The summed E-state index contributed by atoms with van der Waals surface area (Å²) in [6.45, 7) is 25.2. The van der Waals surface area contributed by atoms with Gasteiger partial charge in [-0.2, -0.15) is 0 Å². The molecule has 4 nitrogen and oxygen atoms in total. The number of fused-ring (bicyclic) bond motifs is 5. The third-order valence-electron chi connectivity index (χ3n) is 14.8. The first-order valence-corrected chi connectivity index (χ1v) is 17.3. The predicted molar refractivity (Wildman–Crippen MR) is 175 cm³/mol. The summed E-state index contributed by atoms with van der Waals surface area (Å²) in [6.07, 6.45) is 10.4. The van der Waals surface area contributed by atoms with Crippen LogP contribution in [0.1, 0.15) is 129 Å². The van der Waals surface area contributed by atoms with Gasteiger partial charge in [-0.05, 0) is 133 Å². The molecule has 4 aliphatic carbocycles. The Hall–Kier alpha value is -1.65. The Morgan fingerprint density at radius 2 is 1.65 bits per heavy atom. The van der Waals surface area contributed by atoms with Crippen LogP contribution in [-0.2, 0) is 11.3 Å². The first-order chi connectivity index (χ1) is 20.1. The van der Waals surface area contributed by atoms with Crippen LogP contribution in [0.2, 0.25) is 0 Å². The number of carbonyl (C=O) groups is 1. The first-order valence-electron chi connectivity index (χ1n) is 17.3. The van der Waals surface area contributed by atoms with Gasteiger partial charge in [-0.25, -0.2) is 4.79 Å². The largest absolute Gasteiger partial charge is 0.478 e. The second kappa shape index (κ2) is 11.3. The normalized spacial score (nSPS) is 42.7. The van der Waals surface area contributed by atoms with Gasteiger partial charge in [0.2, 0.25) is 0 Å². The average Bonchev–Trinajstić information content (AvgIpc) is 2.94. The molecule has 4 saturated carbocycles. The molecule has 5 rings (SSSR count). The van der Waals surface area contributed by atoms with Gasteiger partial charge in [0.25, 0.3) is 0 Å². The van der Waals surface area contributed by atoms with Crippen LogP contribution in [-0.4, -0.2) is 28.9 Å². The van der Waals surface area contributed by atoms with Gasteiger partial charge in [-0.1, -0.05) is 78.8 Å². The Bertz CT molecular complexity index is 1220. The first kappa shape index (κ1) is 32.7. The Morgan fingerprint density at radius 1 is 0.953 bits per heavy atom. The summed E-state index contributed by atoms with van der Waals surface area (Å²) in [5.74, 6) is 1.90. The standard InChI is InChI=1S/C39H60O4/c1-10-27(25(2)3)33-29-15-16-31-37(7)19-18-32(40)35(4,5)30(37)17-20-39(31,9)38(29,8)22-21-36(33,6)24-43-23-26-13-11-12-14-28(26)34(41)42/h11-14,27,29-33,40H,2,10,15-24H2,1,3-9H3,(H,41,42). The second-order valence-electron chi connectivity index (χ2n) is 17.0. The van der Waals surface area contributed by atoms with Crippen molar-refractivity contribution in [3.05, 3.63) is 47.5 Å². The van der Waals surface area contributed by atoms with Crippen molar-refractivity contribution in [1.82, 2.24) is 0 Å². The highest BCUT2D eigenvalue weighted by Crippen LogP contribution is 2.76. The monoisotopic (exact) mass is 592 g/mol. The predicted octanol–water partition coefficient (Wildman–Crippen LogP) is 9.56. The second-order valence-corrected chi connectivity index (χ2v) is 17.0. The zero-order valence-corrected chi connectivity index (χ0v) is 28.5. The van der Waals surface area contributed by atoms with Crippen molar-refractivity contribution in [2.75, 3.05) is 6.61 Å². The van der Waals surface area contributed by atoms with Crippen molar-refractivity contribution in [2.24, 2.45) is 56.7 Å². The lowest BCUT2D eigenvalue weighted by Gasteiger charge is -2.73. The number of allylic oxidation sites excluding steroid dienone is 1. The Morgan fingerprint density at radius 3 is 2.30 bits per heavy atom. The molecule has 10 atom stereocenters. The van der Waals surface area contributed by atoms with Crippen molar-refractivity contribution in [3.8, 4) is 0 Å². The minimum Gasteiger partial charge on any atom is -0.478 e. The van der Waals surface area contributed by atoms with Crippen LogP contribution in [0, 0.1) is 56.7 Å². The highest BCUT2D eigenvalue weighted by atomic mass is 16.5. The van der Waals surface area contributed by atoms with E-state index in [4.69, 9.17) is 4.74 Å². The van der Waals surface area contributed by atoms with Crippen molar-refractivity contribution >= 4 is 5.97 Å². The van der Waals surface area contributed by atoms with E-state index < -0.39 is 5.97 Å². The summed E-state index contributed by atoms with van der Waals surface area (Å²) in [4.78, 5) is 11.8. The van der Waals surface area contributed by atoms with Gasteiger partial charge in [0.1, 0.15) is 0 Å². The maximum atomic E-state index is 11.8. The number of hydrogen-bond donors (Lipinski definition) is 2. The van der Waals surface area contributed by atoms with E-state index in [1.165, 1.54) is 37.7 Å². The molecule has 4 fully saturated rings. The molecule has 0 bridgehead atoms. The number of rotatable bonds is 8. The lowest BCUT2D eigenvalue weighted by atomic mass is 9.32. The minimum absolute atomic E-state index is 0.00319. The topological polar surface area (TPSA) is 66.8 Å². The number of benzene rings is 1. The van der Waals surface area contributed by atoms with Crippen LogP contribution in [0.15, 0.2) is 36.4 Å². The van der Waals surface area contributed by atoms with E-state index in [1.807, 2.05) is 12.1 Å². The smallest absolute Gasteiger partial charge is 0.336 e. The molecule has 4 aliphatic rings. The maximum Gasteiger partial charge on any atom is 0.336 e. The van der Waals surface area contributed by atoms with Crippen LogP contribution >= 0.6 is 0 Å². The number of carboxylic acid groups (broad SMARTS) is 1. The van der Waals surface area contributed by atoms with E-state index in [2.05, 4.69) is 62.0 Å². The van der Waals surface area contributed by atoms with Crippen molar-refractivity contribution < 1.29 is 19.7 Å². The van der Waals surface area contributed by atoms with Gasteiger partial charge in [0.05, 0.1) is 24.9 Å². The zero-order chi connectivity index (χ0) is 31.6. The van der Waals surface area contributed by atoms with Crippen molar-refractivity contribution in [3.63, 3.8) is 0 Å². The van der Waals surface area contributed by atoms with Gasteiger partial charge < -0.3 is 14.9 Å². The molecule has 43 heavy (non-hydrogen) atoms. The van der Waals surface area contributed by atoms with E-state index in [9.17, 15) is 15.0 Å². The van der Waals surface area contributed by atoms with Crippen molar-refractivity contribution in [2.45, 2.75) is 126 Å². The van der Waals surface area contributed by atoms with Gasteiger partial charge in [-0.15, -0.1) is 0 Å². The molecule has 0 heterocycles. The summed E-state index contributed by atoms with van der Waals surface area (Å²) in [5, 5.41) is 20.8. The van der Waals surface area contributed by atoms with Gasteiger partial charge in [-0.3, -0.25) is 0 Å². The highest BCUT2D eigenvalue weighted by Gasteiger charge is 2.69. The van der Waals surface area contributed by atoms with E-state index >= 15 is 0 Å². The average molecular weight is 593 g/mol. The van der Waals surface area contributed by atoms with E-state index in [0.717, 1.165) is 31.2 Å². The van der Waals surface area contributed by atoms with Gasteiger partial charge >= 0.3 is 5.97 Å².